The smallest absolute Gasteiger partial charge is 0.407 e. The Labute approximate surface area is 283 Å². The predicted molar refractivity (Wildman–Crippen MR) is 181 cm³/mol. The number of rotatable bonds is 8. The Morgan fingerprint density at radius 3 is 2.62 bits per heavy atom. The van der Waals surface area contributed by atoms with Crippen molar-refractivity contribution in [2.24, 2.45) is 0 Å². The molecule has 48 heavy (non-hydrogen) atoms. The van der Waals surface area contributed by atoms with Gasteiger partial charge in [-0.1, -0.05) is 36.0 Å². The molecule has 3 N–H and O–H groups in total. The number of carbonyl (C=O) groups excluding carboxylic acids is 4. The average Bonchev–Trinajstić information content (AvgIpc) is 3.65. The van der Waals surface area contributed by atoms with Crippen LogP contribution in [0, 0.1) is 6.92 Å². The summed E-state index contributed by atoms with van der Waals surface area (Å²) in [5, 5.41) is 8.80. The number of likely N-dealkylation sites (tertiary alicyclic amines) is 1. The highest BCUT2D eigenvalue weighted by Crippen LogP contribution is 2.51. The summed E-state index contributed by atoms with van der Waals surface area (Å²) in [5.41, 5.74) is 2.42. The van der Waals surface area contributed by atoms with Crippen molar-refractivity contribution in [3.63, 3.8) is 0 Å². The number of nitrogens with one attached hydrogen (secondary N) is 3. The number of benzene rings is 2. The molecule has 0 bridgehead atoms. The zero-order chi connectivity index (χ0) is 34.0. The fourth-order valence-corrected chi connectivity index (χ4v) is 7.15. The van der Waals surface area contributed by atoms with E-state index in [-0.39, 0.29) is 30.4 Å². The van der Waals surface area contributed by atoms with E-state index in [0.717, 1.165) is 16.9 Å². The molecule has 1 saturated heterocycles. The average molecular weight is 671 g/mol. The number of carbonyl (C=O) groups is 4. The molecular formula is C35H38N6O6S. The van der Waals surface area contributed by atoms with Gasteiger partial charge in [0.25, 0.3) is 0 Å². The lowest BCUT2D eigenvalue weighted by Gasteiger charge is -2.35. The molecule has 2 aromatic carbocycles. The number of alkyl carbamates (subject to hydrolysis) is 1. The van der Waals surface area contributed by atoms with Crippen molar-refractivity contribution in [2.45, 2.75) is 62.1 Å². The van der Waals surface area contributed by atoms with E-state index in [4.69, 9.17) is 9.47 Å². The number of ether oxygens (including phenoxy) is 2. The Morgan fingerprint density at radius 1 is 1.08 bits per heavy atom. The number of hydrogen-bond donors (Lipinski definition) is 3. The zero-order valence-corrected chi connectivity index (χ0v) is 28.0. The lowest BCUT2D eigenvalue weighted by Crippen LogP contribution is -2.50. The van der Waals surface area contributed by atoms with Crippen LogP contribution in [0.4, 0.5) is 21.0 Å². The number of anilines is 2. The standard InChI is InChI=1S/C35H38N6O6S/c1-21-19-24(46-23-9-6-5-7-10-23)12-13-25(21)41-26-14-17-36-32-28(26)29(39-33(41)44)30(48-32)31(43)38-22-15-18-40(20-22)27(42)11-8-16-37-34(45)47-35(2,3)4/h5-14,17,19,22,29-30H,15-16,18,20H2,1-4H3,(H,37,45)(H,38,43)(H,39,44). The SMILES string of the molecule is Cc1cc(Oc2ccccc2)ccc1N1C(=O)NC2c3c1ccnc3SC2C(=O)NC1CCN(C(=O)C=CCNC(=O)OC(C)(C)C)C1. The Balaban J connectivity index is 1.08. The van der Waals surface area contributed by atoms with Crippen molar-refractivity contribution in [1.29, 1.82) is 0 Å². The summed E-state index contributed by atoms with van der Waals surface area (Å²) in [5.74, 6) is 0.944. The van der Waals surface area contributed by atoms with E-state index in [9.17, 15) is 19.2 Å². The monoisotopic (exact) mass is 670 g/mol. The van der Waals surface area contributed by atoms with Crippen molar-refractivity contribution in [2.75, 3.05) is 24.5 Å². The van der Waals surface area contributed by atoms with Gasteiger partial charge < -0.3 is 30.3 Å². The molecule has 3 aliphatic heterocycles. The lowest BCUT2D eigenvalue weighted by atomic mass is 9.99. The minimum absolute atomic E-state index is 0.155. The molecule has 5 amide bonds. The number of pyridine rings is 1. The fourth-order valence-electron chi connectivity index (χ4n) is 5.91. The van der Waals surface area contributed by atoms with Gasteiger partial charge in [0.05, 0.1) is 17.4 Å². The molecule has 4 heterocycles. The number of amides is 5. The third kappa shape index (κ3) is 7.25. The Hall–Kier alpha value is -5.04. The van der Waals surface area contributed by atoms with E-state index in [1.807, 2.05) is 55.5 Å². The maximum Gasteiger partial charge on any atom is 0.407 e. The van der Waals surface area contributed by atoms with Gasteiger partial charge in [0.2, 0.25) is 11.8 Å². The molecule has 12 nitrogen and oxygen atoms in total. The largest absolute Gasteiger partial charge is 0.457 e. The van der Waals surface area contributed by atoms with Gasteiger partial charge in [-0.15, -0.1) is 0 Å². The Bertz CT molecular complexity index is 1760. The molecule has 6 rings (SSSR count). The zero-order valence-electron chi connectivity index (χ0n) is 27.2. The number of aryl methyl sites for hydroxylation is 1. The molecule has 1 aromatic heterocycles. The Kier molecular flexibility index (Phi) is 9.31. The lowest BCUT2D eigenvalue weighted by molar-refractivity contribution is -0.126. The van der Waals surface area contributed by atoms with Crippen molar-refractivity contribution in [3.05, 3.63) is 84.1 Å². The van der Waals surface area contributed by atoms with Crippen LogP contribution in [0.25, 0.3) is 0 Å². The van der Waals surface area contributed by atoms with Crippen LogP contribution in [0.5, 0.6) is 11.5 Å². The van der Waals surface area contributed by atoms with Gasteiger partial charge in [0.1, 0.15) is 27.4 Å². The fraction of sp³-hybridized carbons (Fsp3) is 0.343. The van der Waals surface area contributed by atoms with Crippen molar-refractivity contribution in [1.82, 2.24) is 25.8 Å². The molecule has 3 aliphatic rings. The van der Waals surface area contributed by atoms with Gasteiger partial charge in [-0.3, -0.25) is 14.5 Å². The number of para-hydroxylation sites is 1. The summed E-state index contributed by atoms with van der Waals surface area (Å²) in [6, 6.07) is 15.7. The molecule has 0 spiro atoms. The summed E-state index contributed by atoms with van der Waals surface area (Å²) in [7, 11) is 0. The number of aromatic nitrogens is 1. The first-order valence-electron chi connectivity index (χ1n) is 15.8. The van der Waals surface area contributed by atoms with Gasteiger partial charge in [-0.05, 0) is 76.1 Å². The molecule has 1 fully saturated rings. The summed E-state index contributed by atoms with van der Waals surface area (Å²) in [6.45, 7) is 8.25. The van der Waals surface area contributed by atoms with Crippen LogP contribution in [0.2, 0.25) is 0 Å². The molecule has 0 saturated carbocycles. The number of nitrogens with zero attached hydrogens (tertiary/aromatic N) is 3. The minimum Gasteiger partial charge on any atom is -0.457 e. The first-order chi connectivity index (χ1) is 23.0. The van der Waals surface area contributed by atoms with Gasteiger partial charge >= 0.3 is 12.1 Å². The number of urea groups is 1. The van der Waals surface area contributed by atoms with Gasteiger partial charge in [-0.2, -0.15) is 0 Å². The van der Waals surface area contributed by atoms with Crippen LogP contribution in [0.3, 0.4) is 0 Å². The Morgan fingerprint density at radius 2 is 1.88 bits per heavy atom. The first-order valence-corrected chi connectivity index (χ1v) is 16.7. The van der Waals surface area contributed by atoms with E-state index in [1.165, 1.54) is 17.8 Å². The van der Waals surface area contributed by atoms with Crippen LogP contribution in [-0.4, -0.2) is 70.3 Å². The van der Waals surface area contributed by atoms with E-state index in [1.54, 1.807) is 48.9 Å². The van der Waals surface area contributed by atoms with Crippen molar-refractivity contribution in [3.8, 4) is 11.5 Å². The molecule has 250 valence electrons. The highest BCUT2D eigenvalue weighted by molar-refractivity contribution is 8.01. The quantitative estimate of drug-likeness (QED) is 0.272. The van der Waals surface area contributed by atoms with Gasteiger partial charge in [0.15, 0.2) is 0 Å². The summed E-state index contributed by atoms with van der Waals surface area (Å²) >= 11 is 1.33. The second-order valence-electron chi connectivity index (χ2n) is 12.8. The summed E-state index contributed by atoms with van der Waals surface area (Å²) in [6.07, 6.45) is 4.68. The van der Waals surface area contributed by atoms with Crippen molar-refractivity contribution < 1.29 is 28.7 Å². The molecule has 3 aromatic rings. The topological polar surface area (TPSA) is 142 Å². The highest BCUT2D eigenvalue weighted by Gasteiger charge is 2.47. The van der Waals surface area contributed by atoms with Crippen LogP contribution in [0.1, 0.15) is 44.4 Å². The summed E-state index contributed by atoms with van der Waals surface area (Å²) < 4.78 is 11.2. The first kappa shape index (κ1) is 32.9. The van der Waals surface area contributed by atoms with E-state index in [0.29, 0.717) is 41.7 Å². The van der Waals surface area contributed by atoms with Crippen molar-refractivity contribution >= 4 is 47.1 Å². The van der Waals surface area contributed by atoms with Gasteiger partial charge in [0, 0.05) is 43.5 Å². The third-order valence-corrected chi connectivity index (χ3v) is 9.31. The molecule has 3 unspecified atom stereocenters. The minimum atomic E-state index is -0.619. The molecule has 13 heteroatoms. The number of hydrogen-bond acceptors (Lipinski definition) is 8. The van der Waals surface area contributed by atoms with E-state index < -0.39 is 23.0 Å². The maximum absolute atomic E-state index is 13.7. The second-order valence-corrected chi connectivity index (χ2v) is 13.9. The normalized spacial score (nSPS) is 19.9. The van der Waals surface area contributed by atoms with Crippen LogP contribution in [0.15, 0.2) is 78.0 Å². The van der Waals surface area contributed by atoms with Crippen LogP contribution >= 0.6 is 11.8 Å². The van der Waals surface area contributed by atoms with Crippen LogP contribution < -0.4 is 25.6 Å². The number of thioether (sulfide) groups is 1. The van der Waals surface area contributed by atoms with Gasteiger partial charge in [-0.25, -0.2) is 14.6 Å². The molecule has 3 atom stereocenters. The third-order valence-electron chi connectivity index (χ3n) is 8.02. The molecule has 0 radical (unpaired) electrons. The van der Waals surface area contributed by atoms with E-state index in [2.05, 4.69) is 20.9 Å². The summed E-state index contributed by atoms with van der Waals surface area (Å²) in [4.78, 5) is 59.6. The molecule has 0 aliphatic carbocycles. The molecular weight excluding hydrogens is 632 g/mol. The van der Waals surface area contributed by atoms with E-state index >= 15 is 0 Å². The predicted octanol–water partition coefficient (Wildman–Crippen LogP) is 5.36. The maximum atomic E-state index is 13.7. The highest BCUT2D eigenvalue weighted by atomic mass is 32.2. The van der Waals surface area contributed by atoms with Crippen LogP contribution in [-0.2, 0) is 14.3 Å². The second kappa shape index (κ2) is 13.6.